The van der Waals surface area contributed by atoms with Crippen molar-refractivity contribution in [2.75, 3.05) is 0 Å². The second-order valence-corrected chi connectivity index (χ2v) is 5.52. The second-order valence-electron chi connectivity index (χ2n) is 5.52. The molecular formula is C11H20N4O3. The fraction of sp³-hybridized carbons (Fsp3) is 0.727. The smallest absolute Gasteiger partial charge is 0.242 e. The summed E-state index contributed by atoms with van der Waals surface area (Å²) in [5.41, 5.74) is 8.59. The molecule has 1 aliphatic carbocycles. The Morgan fingerprint density at radius 3 is 2.22 bits per heavy atom. The Morgan fingerprint density at radius 1 is 1.39 bits per heavy atom. The molecule has 0 spiro atoms. The Labute approximate surface area is 106 Å². The molecule has 1 saturated carbocycles. The van der Waals surface area contributed by atoms with Crippen LogP contribution in [-0.4, -0.2) is 28.4 Å². The minimum atomic E-state index is -1.17. The fourth-order valence-corrected chi connectivity index (χ4v) is 2.20. The van der Waals surface area contributed by atoms with Gasteiger partial charge in [0.25, 0.3) is 0 Å². The van der Waals surface area contributed by atoms with Crippen molar-refractivity contribution in [2.24, 2.45) is 28.0 Å². The molecule has 0 heterocycles. The molecule has 0 aliphatic heterocycles. The van der Waals surface area contributed by atoms with Crippen LogP contribution in [0.3, 0.4) is 0 Å². The van der Waals surface area contributed by atoms with Crippen molar-refractivity contribution in [3.05, 3.63) is 0 Å². The first-order valence-corrected chi connectivity index (χ1v) is 5.76. The molecule has 0 aromatic rings. The first-order valence-electron chi connectivity index (χ1n) is 5.76. The lowest BCUT2D eigenvalue weighted by Gasteiger charge is -2.44. The van der Waals surface area contributed by atoms with Crippen LogP contribution >= 0.6 is 0 Å². The van der Waals surface area contributed by atoms with E-state index in [0.717, 1.165) is 0 Å². The van der Waals surface area contributed by atoms with Crippen molar-refractivity contribution >= 4 is 17.6 Å². The summed E-state index contributed by atoms with van der Waals surface area (Å²) in [5, 5.41) is 14.2. The van der Waals surface area contributed by atoms with E-state index in [-0.39, 0.29) is 5.84 Å². The van der Waals surface area contributed by atoms with E-state index in [1.807, 2.05) is 6.92 Å². The molecule has 18 heavy (non-hydrogen) atoms. The Morgan fingerprint density at radius 2 is 1.89 bits per heavy atom. The van der Waals surface area contributed by atoms with Crippen molar-refractivity contribution < 1.29 is 14.8 Å². The van der Waals surface area contributed by atoms with E-state index in [2.05, 4.69) is 10.5 Å². The molecule has 1 rings (SSSR count). The second kappa shape index (κ2) is 4.47. The molecule has 0 aromatic carbocycles. The molecule has 0 radical (unpaired) electrons. The van der Waals surface area contributed by atoms with Gasteiger partial charge in [0.1, 0.15) is 11.0 Å². The minimum Gasteiger partial charge on any atom is -0.409 e. The zero-order valence-electron chi connectivity index (χ0n) is 10.9. The third kappa shape index (κ3) is 2.25. The van der Waals surface area contributed by atoms with E-state index in [4.69, 9.17) is 16.7 Å². The van der Waals surface area contributed by atoms with E-state index in [9.17, 15) is 9.59 Å². The largest absolute Gasteiger partial charge is 0.409 e. The average Bonchev–Trinajstić information content (AvgIpc) is 2.22. The number of amides is 2. The SMILES string of the molecule is CC1CC(C(=O)NC(C)(C)C(N)=O)(C(N)=NO)C1. The Bertz CT molecular complexity index is 397. The molecule has 7 nitrogen and oxygen atoms in total. The van der Waals surface area contributed by atoms with Crippen LogP contribution in [0, 0.1) is 11.3 Å². The molecule has 0 bridgehead atoms. The summed E-state index contributed by atoms with van der Waals surface area (Å²) < 4.78 is 0. The zero-order valence-corrected chi connectivity index (χ0v) is 10.9. The van der Waals surface area contributed by atoms with Crippen LogP contribution in [0.5, 0.6) is 0 Å². The van der Waals surface area contributed by atoms with Gasteiger partial charge in [0, 0.05) is 0 Å². The lowest BCUT2D eigenvalue weighted by atomic mass is 9.61. The summed E-state index contributed by atoms with van der Waals surface area (Å²) in [5.74, 6) is -0.885. The summed E-state index contributed by atoms with van der Waals surface area (Å²) in [6.45, 7) is 4.99. The lowest BCUT2D eigenvalue weighted by molar-refractivity contribution is -0.138. The maximum Gasteiger partial charge on any atom is 0.242 e. The highest BCUT2D eigenvalue weighted by atomic mass is 16.4. The van der Waals surface area contributed by atoms with E-state index in [1.54, 1.807) is 0 Å². The van der Waals surface area contributed by atoms with Crippen molar-refractivity contribution in [1.82, 2.24) is 5.32 Å². The fourth-order valence-electron chi connectivity index (χ4n) is 2.20. The Hall–Kier alpha value is -1.79. The van der Waals surface area contributed by atoms with Crippen LogP contribution in [-0.2, 0) is 9.59 Å². The van der Waals surface area contributed by atoms with Crippen molar-refractivity contribution in [3.8, 4) is 0 Å². The van der Waals surface area contributed by atoms with Crippen molar-refractivity contribution in [1.29, 1.82) is 0 Å². The summed E-state index contributed by atoms with van der Waals surface area (Å²) in [7, 11) is 0. The van der Waals surface area contributed by atoms with Gasteiger partial charge in [-0.25, -0.2) is 0 Å². The molecule has 102 valence electrons. The standard InChI is InChI=1S/C11H20N4O3/c1-6-4-11(5-6,7(12)15-18)9(17)14-10(2,3)8(13)16/h6,18H,4-5H2,1-3H3,(H2,12,15)(H2,13,16)(H,14,17). The number of rotatable bonds is 4. The lowest BCUT2D eigenvalue weighted by Crippen LogP contribution is -2.62. The topological polar surface area (TPSA) is 131 Å². The molecule has 0 atom stereocenters. The number of carbonyl (C=O) groups excluding carboxylic acids is 2. The molecular weight excluding hydrogens is 236 g/mol. The molecule has 2 amide bonds. The van der Waals surface area contributed by atoms with Gasteiger partial charge in [-0.15, -0.1) is 0 Å². The van der Waals surface area contributed by atoms with E-state index < -0.39 is 22.8 Å². The molecule has 0 aromatic heterocycles. The van der Waals surface area contributed by atoms with Crippen molar-refractivity contribution in [3.63, 3.8) is 0 Å². The van der Waals surface area contributed by atoms with Gasteiger partial charge in [-0.05, 0) is 32.6 Å². The highest BCUT2D eigenvalue weighted by Gasteiger charge is 2.53. The normalized spacial score (nSPS) is 28.4. The molecule has 1 aliphatic rings. The van der Waals surface area contributed by atoms with Gasteiger partial charge in [-0.1, -0.05) is 12.1 Å². The number of oxime groups is 1. The average molecular weight is 256 g/mol. The predicted octanol–water partition coefficient (Wildman–Crippen LogP) is -0.471. The van der Waals surface area contributed by atoms with E-state index in [0.29, 0.717) is 18.8 Å². The van der Waals surface area contributed by atoms with Crippen LogP contribution < -0.4 is 16.8 Å². The Balaban J connectivity index is 2.91. The molecule has 6 N–H and O–H groups in total. The number of primary amides is 1. The van der Waals surface area contributed by atoms with Gasteiger partial charge in [0.2, 0.25) is 11.8 Å². The molecule has 0 unspecified atom stereocenters. The van der Waals surface area contributed by atoms with Crippen LogP contribution in [0.1, 0.15) is 33.6 Å². The number of hydrogen-bond donors (Lipinski definition) is 4. The molecule has 0 saturated heterocycles. The third-order valence-electron chi connectivity index (χ3n) is 3.47. The first kappa shape index (κ1) is 14.3. The zero-order chi connectivity index (χ0) is 14.1. The molecule has 7 heteroatoms. The number of amidine groups is 1. The number of nitrogens with one attached hydrogen (secondary N) is 1. The summed E-state index contributed by atoms with van der Waals surface area (Å²) in [6, 6.07) is 0. The van der Waals surface area contributed by atoms with Gasteiger partial charge in [-0.2, -0.15) is 0 Å². The maximum atomic E-state index is 12.2. The highest BCUT2D eigenvalue weighted by Crippen LogP contribution is 2.46. The number of carbonyl (C=O) groups is 2. The minimum absolute atomic E-state index is 0.127. The van der Waals surface area contributed by atoms with Gasteiger partial charge >= 0.3 is 0 Å². The van der Waals surface area contributed by atoms with Crippen molar-refractivity contribution in [2.45, 2.75) is 39.2 Å². The Kier molecular flexibility index (Phi) is 3.54. The number of nitrogens with zero attached hydrogens (tertiary/aromatic N) is 1. The summed E-state index contributed by atoms with van der Waals surface area (Å²) in [6.07, 6.45) is 0.979. The highest BCUT2D eigenvalue weighted by molar-refractivity contribution is 6.09. The van der Waals surface area contributed by atoms with Gasteiger partial charge < -0.3 is 22.0 Å². The van der Waals surface area contributed by atoms with Crippen LogP contribution in [0.15, 0.2) is 5.16 Å². The van der Waals surface area contributed by atoms with E-state index >= 15 is 0 Å². The molecule has 1 fully saturated rings. The predicted molar refractivity (Wildman–Crippen MR) is 65.7 cm³/mol. The van der Waals surface area contributed by atoms with E-state index in [1.165, 1.54) is 13.8 Å². The van der Waals surface area contributed by atoms with Gasteiger partial charge in [0.15, 0.2) is 5.84 Å². The maximum absolute atomic E-state index is 12.2. The van der Waals surface area contributed by atoms with Crippen LogP contribution in [0.25, 0.3) is 0 Å². The van der Waals surface area contributed by atoms with Gasteiger partial charge in [0.05, 0.1) is 0 Å². The van der Waals surface area contributed by atoms with Crippen LogP contribution in [0.2, 0.25) is 0 Å². The third-order valence-corrected chi connectivity index (χ3v) is 3.47. The quantitative estimate of drug-likeness (QED) is 0.234. The summed E-state index contributed by atoms with van der Waals surface area (Å²) in [4.78, 5) is 23.4. The van der Waals surface area contributed by atoms with Crippen LogP contribution in [0.4, 0.5) is 0 Å². The monoisotopic (exact) mass is 256 g/mol. The number of nitrogens with two attached hydrogens (primary N) is 2. The first-order chi connectivity index (χ1) is 8.15. The number of hydrogen-bond acceptors (Lipinski definition) is 4. The summed E-state index contributed by atoms with van der Waals surface area (Å²) >= 11 is 0. The van der Waals surface area contributed by atoms with Gasteiger partial charge in [-0.3, -0.25) is 9.59 Å².